The normalized spacial score (nSPS) is 9.69. The topological polar surface area (TPSA) is 84.5 Å². The first-order chi connectivity index (χ1) is 7.85. The second-order valence-corrected chi connectivity index (χ2v) is 3.08. The van der Waals surface area contributed by atoms with Crippen molar-refractivity contribution in [3.8, 4) is 11.8 Å². The largest absolute Gasteiger partial charge is 0.303 e. The van der Waals surface area contributed by atoms with E-state index in [1.165, 1.54) is 11.0 Å². The lowest BCUT2D eigenvalue weighted by Crippen LogP contribution is -1.98. The molecular formula is C10H7N5O. The monoisotopic (exact) mass is 213 g/mol. The van der Waals surface area contributed by atoms with Crippen molar-refractivity contribution in [3.63, 3.8) is 0 Å². The Bertz CT molecular complexity index is 541. The van der Waals surface area contributed by atoms with Gasteiger partial charge in [0.15, 0.2) is 0 Å². The molecule has 0 aliphatic heterocycles. The summed E-state index contributed by atoms with van der Waals surface area (Å²) < 4.78 is 1.45. The lowest BCUT2D eigenvalue weighted by molar-refractivity contribution is -0.107. The average molecular weight is 213 g/mol. The predicted molar refractivity (Wildman–Crippen MR) is 53.6 cm³/mol. The molecule has 2 aromatic rings. The van der Waals surface area contributed by atoms with Gasteiger partial charge in [0, 0.05) is 6.42 Å². The van der Waals surface area contributed by atoms with Crippen LogP contribution in [0.5, 0.6) is 0 Å². The van der Waals surface area contributed by atoms with Crippen LogP contribution in [0.4, 0.5) is 0 Å². The van der Waals surface area contributed by atoms with Gasteiger partial charge in [-0.2, -0.15) is 5.26 Å². The Morgan fingerprint density at radius 2 is 2.38 bits per heavy atom. The van der Waals surface area contributed by atoms with Crippen LogP contribution in [0.15, 0.2) is 24.5 Å². The molecule has 0 aliphatic rings. The van der Waals surface area contributed by atoms with Crippen LogP contribution in [0.2, 0.25) is 0 Å². The fourth-order valence-electron chi connectivity index (χ4n) is 1.36. The first-order valence-corrected chi connectivity index (χ1v) is 4.55. The van der Waals surface area contributed by atoms with Crippen molar-refractivity contribution in [3.05, 3.63) is 35.7 Å². The molecule has 0 atom stereocenters. The van der Waals surface area contributed by atoms with Gasteiger partial charge in [0.25, 0.3) is 0 Å². The molecule has 0 aliphatic carbocycles. The molecule has 0 amide bonds. The van der Waals surface area contributed by atoms with E-state index < -0.39 is 0 Å². The summed E-state index contributed by atoms with van der Waals surface area (Å²) in [7, 11) is 0. The minimum Gasteiger partial charge on any atom is -0.303 e. The van der Waals surface area contributed by atoms with Crippen molar-refractivity contribution in [2.75, 3.05) is 0 Å². The lowest BCUT2D eigenvalue weighted by Gasteiger charge is -2.03. The third-order valence-electron chi connectivity index (χ3n) is 2.13. The van der Waals surface area contributed by atoms with Gasteiger partial charge in [-0.05, 0) is 28.1 Å². The summed E-state index contributed by atoms with van der Waals surface area (Å²) in [5, 5.41) is 19.7. The van der Waals surface area contributed by atoms with E-state index in [-0.39, 0.29) is 6.42 Å². The molecule has 6 nitrogen and oxygen atoms in total. The standard InChI is InChI=1S/C10H7N5O/c11-6-9-5-10(15-7-12-13-14-15)2-1-8(9)3-4-16/h1-2,4-5,7H,3H2. The third kappa shape index (κ3) is 1.79. The molecule has 6 heteroatoms. The number of benzene rings is 1. The quantitative estimate of drug-likeness (QED) is 0.683. The molecule has 78 valence electrons. The fraction of sp³-hybridized carbons (Fsp3) is 0.100. The second-order valence-electron chi connectivity index (χ2n) is 3.08. The first-order valence-electron chi connectivity index (χ1n) is 4.55. The van der Waals surface area contributed by atoms with E-state index in [0.29, 0.717) is 16.8 Å². The van der Waals surface area contributed by atoms with Crippen LogP contribution in [0.1, 0.15) is 11.1 Å². The van der Waals surface area contributed by atoms with Crippen molar-refractivity contribution in [2.45, 2.75) is 6.42 Å². The van der Waals surface area contributed by atoms with E-state index in [1.807, 2.05) is 6.07 Å². The van der Waals surface area contributed by atoms with Gasteiger partial charge in [-0.1, -0.05) is 6.07 Å². The van der Waals surface area contributed by atoms with Gasteiger partial charge in [0.2, 0.25) is 0 Å². The SMILES string of the molecule is N#Cc1cc(-n2cnnn2)ccc1CC=O. The molecule has 0 radical (unpaired) electrons. The highest BCUT2D eigenvalue weighted by molar-refractivity contribution is 5.59. The van der Waals surface area contributed by atoms with Crippen molar-refractivity contribution >= 4 is 6.29 Å². The molecule has 2 rings (SSSR count). The zero-order valence-electron chi connectivity index (χ0n) is 8.24. The van der Waals surface area contributed by atoms with Gasteiger partial charge in [-0.3, -0.25) is 0 Å². The van der Waals surface area contributed by atoms with Crippen molar-refractivity contribution in [1.29, 1.82) is 5.26 Å². The molecular weight excluding hydrogens is 206 g/mol. The number of aromatic nitrogens is 4. The van der Waals surface area contributed by atoms with Crippen LogP contribution in [0.3, 0.4) is 0 Å². The maximum atomic E-state index is 10.4. The number of nitriles is 1. The van der Waals surface area contributed by atoms with Gasteiger partial charge >= 0.3 is 0 Å². The van der Waals surface area contributed by atoms with Gasteiger partial charge in [0.1, 0.15) is 12.6 Å². The van der Waals surface area contributed by atoms with Crippen LogP contribution in [0.25, 0.3) is 5.69 Å². The molecule has 0 saturated carbocycles. The van der Waals surface area contributed by atoms with Gasteiger partial charge < -0.3 is 4.79 Å². The minimum absolute atomic E-state index is 0.235. The Morgan fingerprint density at radius 3 is 3.00 bits per heavy atom. The Kier molecular flexibility index (Phi) is 2.69. The van der Waals surface area contributed by atoms with Crippen molar-refractivity contribution < 1.29 is 4.79 Å². The molecule has 1 heterocycles. The summed E-state index contributed by atoms with van der Waals surface area (Å²) in [6.07, 6.45) is 2.45. The zero-order chi connectivity index (χ0) is 11.4. The van der Waals surface area contributed by atoms with Crippen LogP contribution < -0.4 is 0 Å². The van der Waals surface area contributed by atoms with E-state index in [4.69, 9.17) is 5.26 Å². The maximum Gasteiger partial charge on any atom is 0.143 e. The summed E-state index contributed by atoms with van der Waals surface area (Å²) >= 11 is 0. The number of aldehydes is 1. The number of rotatable bonds is 3. The van der Waals surface area contributed by atoms with Gasteiger partial charge in [-0.25, -0.2) is 4.68 Å². The van der Waals surface area contributed by atoms with E-state index in [0.717, 1.165) is 6.29 Å². The molecule has 1 aromatic carbocycles. The van der Waals surface area contributed by atoms with Crippen molar-refractivity contribution in [2.24, 2.45) is 0 Å². The Balaban J connectivity index is 2.45. The van der Waals surface area contributed by atoms with Crippen LogP contribution in [0, 0.1) is 11.3 Å². The lowest BCUT2D eigenvalue weighted by atomic mass is 10.1. The molecule has 0 spiro atoms. The molecule has 0 saturated heterocycles. The van der Waals surface area contributed by atoms with Crippen LogP contribution in [-0.4, -0.2) is 26.5 Å². The molecule has 16 heavy (non-hydrogen) atoms. The molecule has 0 fully saturated rings. The fourth-order valence-corrected chi connectivity index (χ4v) is 1.36. The smallest absolute Gasteiger partial charge is 0.143 e. The third-order valence-corrected chi connectivity index (χ3v) is 2.13. The summed E-state index contributed by atoms with van der Waals surface area (Å²) in [5.74, 6) is 0. The Morgan fingerprint density at radius 1 is 1.50 bits per heavy atom. The first kappa shape index (κ1) is 9.98. The highest BCUT2D eigenvalue weighted by Crippen LogP contribution is 2.13. The highest BCUT2D eigenvalue weighted by atomic mass is 16.1. The van der Waals surface area contributed by atoms with Crippen LogP contribution in [-0.2, 0) is 11.2 Å². The number of nitrogens with zero attached hydrogens (tertiary/aromatic N) is 5. The second kappa shape index (κ2) is 4.31. The zero-order valence-corrected chi connectivity index (χ0v) is 8.24. The number of hydrogen-bond donors (Lipinski definition) is 0. The van der Waals surface area contributed by atoms with Crippen LogP contribution >= 0.6 is 0 Å². The summed E-state index contributed by atoms with van der Waals surface area (Å²) in [6, 6.07) is 7.18. The molecule has 0 bridgehead atoms. The predicted octanol–water partition coefficient (Wildman–Crippen LogP) is 0.275. The average Bonchev–Trinajstić information content (AvgIpc) is 2.83. The van der Waals surface area contributed by atoms with E-state index in [1.54, 1.807) is 18.2 Å². The highest BCUT2D eigenvalue weighted by Gasteiger charge is 2.05. The van der Waals surface area contributed by atoms with E-state index in [9.17, 15) is 4.79 Å². The van der Waals surface area contributed by atoms with Gasteiger partial charge in [-0.15, -0.1) is 5.10 Å². The number of carbonyl (C=O) groups is 1. The molecule has 0 N–H and O–H groups in total. The van der Waals surface area contributed by atoms with E-state index >= 15 is 0 Å². The summed E-state index contributed by atoms with van der Waals surface area (Å²) in [4.78, 5) is 10.4. The minimum atomic E-state index is 0.235. The molecule has 0 unspecified atom stereocenters. The van der Waals surface area contributed by atoms with Gasteiger partial charge in [0.05, 0.1) is 17.3 Å². The summed E-state index contributed by atoms with van der Waals surface area (Å²) in [6.45, 7) is 0. The maximum absolute atomic E-state index is 10.4. The number of carbonyl (C=O) groups excluding carboxylic acids is 1. The Hall–Kier alpha value is -2.55. The van der Waals surface area contributed by atoms with Crippen molar-refractivity contribution in [1.82, 2.24) is 20.2 Å². The summed E-state index contributed by atoms with van der Waals surface area (Å²) in [5.41, 5.74) is 1.85. The number of tetrazole rings is 1. The molecule has 1 aromatic heterocycles. The van der Waals surface area contributed by atoms with E-state index in [2.05, 4.69) is 15.5 Å². The number of hydrogen-bond acceptors (Lipinski definition) is 5. The Labute approximate surface area is 91.1 Å².